The maximum Gasteiger partial charge on any atom is 0.321 e. The monoisotopic (exact) mass is 234 g/mol. The number of rotatable bonds is 5. The minimum Gasteiger partial charge on any atom is -0.480 e. The largest absolute Gasteiger partial charge is 0.480 e. The minimum absolute atomic E-state index is 0.0566. The van der Waals surface area contributed by atoms with Crippen LogP contribution in [0.2, 0.25) is 0 Å². The zero-order chi connectivity index (χ0) is 12.1. The van der Waals surface area contributed by atoms with Gasteiger partial charge in [0.25, 0.3) is 0 Å². The number of nitrogens with two attached hydrogens (primary N) is 1. The lowest BCUT2D eigenvalue weighted by molar-refractivity contribution is -0.137. The second-order valence-corrected chi connectivity index (χ2v) is 5.25. The average molecular weight is 234 g/mol. The summed E-state index contributed by atoms with van der Waals surface area (Å²) in [5, 5.41) is 11.2. The summed E-state index contributed by atoms with van der Waals surface area (Å²) in [4.78, 5) is 21.7. The van der Waals surface area contributed by atoms with E-state index in [0.29, 0.717) is 11.6 Å². The number of hydrogen-bond acceptors (Lipinski definition) is 4. The van der Waals surface area contributed by atoms with E-state index in [4.69, 9.17) is 10.8 Å². The van der Waals surface area contributed by atoms with E-state index in [-0.39, 0.29) is 5.91 Å². The van der Waals surface area contributed by atoms with Crippen LogP contribution in [0.5, 0.6) is 0 Å². The number of carboxylic acid groups (broad SMARTS) is 1. The van der Waals surface area contributed by atoms with Crippen molar-refractivity contribution >= 4 is 23.6 Å². The third kappa shape index (κ3) is 6.35. The first-order valence-electron chi connectivity index (χ1n) is 4.59. The summed E-state index contributed by atoms with van der Waals surface area (Å²) < 4.78 is 0. The third-order valence-corrected chi connectivity index (χ3v) is 2.57. The molecular weight excluding hydrogens is 216 g/mol. The van der Waals surface area contributed by atoms with Gasteiger partial charge in [-0.25, -0.2) is 0 Å². The standard InChI is InChI=1S/C9H18N2O3S/c1-9(2,3)8(14)11-5-15-4-6(10)7(12)13/h6H,4-5,10H2,1-3H3,(H,11,14)(H,12,13). The first-order chi connectivity index (χ1) is 6.75. The van der Waals surface area contributed by atoms with Crippen molar-refractivity contribution in [1.29, 1.82) is 0 Å². The Morgan fingerprint density at radius 1 is 1.47 bits per heavy atom. The summed E-state index contributed by atoms with van der Waals surface area (Å²) in [7, 11) is 0. The number of carbonyl (C=O) groups is 2. The molecule has 0 aromatic carbocycles. The molecule has 0 aromatic heterocycles. The molecule has 6 heteroatoms. The van der Waals surface area contributed by atoms with Crippen molar-refractivity contribution in [2.75, 3.05) is 11.6 Å². The fourth-order valence-corrected chi connectivity index (χ4v) is 1.39. The van der Waals surface area contributed by atoms with Gasteiger partial charge in [0.05, 0.1) is 5.88 Å². The predicted molar refractivity (Wildman–Crippen MR) is 60.5 cm³/mol. The quantitative estimate of drug-likeness (QED) is 0.468. The molecule has 0 radical (unpaired) electrons. The number of thioether (sulfide) groups is 1. The van der Waals surface area contributed by atoms with E-state index < -0.39 is 17.4 Å². The molecule has 0 bridgehead atoms. The van der Waals surface area contributed by atoms with Crippen molar-refractivity contribution < 1.29 is 14.7 Å². The number of aliphatic carboxylic acids is 1. The number of hydrogen-bond donors (Lipinski definition) is 3. The first kappa shape index (κ1) is 14.2. The summed E-state index contributed by atoms with van der Waals surface area (Å²) in [6.07, 6.45) is 0. The maximum absolute atomic E-state index is 11.4. The Bertz CT molecular complexity index is 238. The molecule has 1 atom stereocenters. The molecule has 0 saturated heterocycles. The molecule has 4 N–H and O–H groups in total. The number of carboxylic acids is 1. The molecule has 0 spiro atoms. The molecule has 0 aliphatic carbocycles. The van der Waals surface area contributed by atoms with Crippen LogP contribution in [-0.4, -0.2) is 34.7 Å². The van der Waals surface area contributed by atoms with Gasteiger partial charge in [0, 0.05) is 11.2 Å². The van der Waals surface area contributed by atoms with E-state index in [0.717, 1.165) is 0 Å². The highest BCUT2D eigenvalue weighted by atomic mass is 32.2. The maximum atomic E-state index is 11.4. The van der Waals surface area contributed by atoms with Gasteiger partial charge in [0.2, 0.25) is 5.91 Å². The van der Waals surface area contributed by atoms with Crippen molar-refractivity contribution in [3.05, 3.63) is 0 Å². The SMILES string of the molecule is CC(C)(C)C(=O)NCSCC(N)C(=O)O. The van der Waals surface area contributed by atoms with Crippen LogP contribution in [0, 0.1) is 5.41 Å². The predicted octanol–water partition coefficient (Wildman–Crippen LogP) is 0.251. The minimum atomic E-state index is -1.02. The van der Waals surface area contributed by atoms with Gasteiger partial charge in [0.1, 0.15) is 6.04 Å². The molecule has 88 valence electrons. The van der Waals surface area contributed by atoms with Crippen molar-refractivity contribution in [1.82, 2.24) is 5.32 Å². The van der Waals surface area contributed by atoms with Crippen LogP contribution >= 0.6 is 11.8 Å². The van der Waals surface area contributed by atoms with Crippen molar-refractivity contribution in [2.24, 2.45) is 11.1 Å². The van der Waals surface area contributed by atoms with Gasteiger partial charge in [-0.05, 0) is 0 Å². The molecular formula is C9H18N2O3S. The Labute approximate surface area is 93.8 Å². The van der Waals surface area contributed by atoms with Crippen LogP contribution in [0.4, 0.5) is 0 Å². The molecule has 0 aromatic rings. The molecule has 0 aliphatic heterocycles. The summed E-state index contributed by atoms with van der Waals surface area (Å²) in [6.45, 7) is 5.45. The smallest absolute Gasteiger partial charge is 0.321 e. The molecule has 0 heterocycles. The number of carbonyl (C=O) groups excluding carboxylic acids is 1. The highest BCUT2D eigenvalue weighted by Gasteiger charge is 2.20. The zero-order valence-electron chi connectivity index (χ0n) is 9.24. The van der Waals surface area contributed by atoms with Crippen LogP contribution in [0.3, 0.4) is 0 Å². The summed E-state index contributed by atoms with van der Waals surface area (Å²) in [5.74, 6) is -0.403. The highest BCUT2D eigenvalue weighted by Crippen LogP contribution is 2.12. The van der Waals surface area contributed by atoms with Gasteiger partial charge in [-0.3, -0.25) is 9.59 Å². The normalized spacial score (nSPS) is 13.3. The van der Waals surface area contributed by atoms with E-state index in [2.05, 4.69) is 5.32 Å². The average Bonchev–Trinajstić information content (AvgIpc) is 2.09. The lowest BCUT2D eigenvalue weighted by Crippen LogP contribution is -2.36. The van der Waals surface area contributed by atoms with Crippen molar-refractivity contribution in [3.63, 3.8) is 0 Å². The summed E-state index contributed by atoms with van der Waals surface area (Å²) >= 11 is 1.30. The Balaban J connectivity index is 3.64. The van der Waals surface area contributed by atoms with E-state index in [1.165, 1.54) is 11.8 Å². The molecule has 0 saturated carbocycles. The van der Waals surface area contributed by atoms with E-state index >= 15 is 0 Å². The topological polar surface area (TPSA) is 92.4 Å². The van der Waals surface area contributed by atoms with Crippen LogP contribution in [0.25, 0.3) is 0 Å². The molecule has 1 amide bonds. The van der Waals surface area contributed by atoms with Gasteiger partial charge < -0.3 is 16.2 Å². The lowest BCUT2D eigenvalue weighted by Gasteiger charge is -2.17. The third-order valence-electron chi connectivity index (χ3n) is 1.63. The van der Waals surface area contributed by atoms with Crippen LogP contribution in [-0.2, 0) is 9.59 Å². The van der Waals surface area contributed by atoms with Gasteiger partial charge >= 0.3 is 5.97 Å². The van der Waals surface area contributed by atoms with E-state index in [1.807, 2.05) is 20.8 Å². The molecule has 15 heavy (non-hydrogen) atoms. The Morgan fingerprint density at radius 3 is 2.40 bits per heavy atom. The zero-order valence-corrected chi connectivity index (χ0v) is 10.1. The van der Waals surface area contributed by atoms with Crippen molar-refractivity contribution in [2.45, 2.75) is 26.8 Å². The summed E-state index contributed by atoms with van der Waals surface area (Å²) in [5.41, 5.74) is 4.86. The molecule has 0 fully saturated rings. The van der Waals surface area contributed by atoms with Crippen LogP contribution in [0.15, 0.2) is 0 Å². The Hall–Kier alpha value is -0.750. The Morgan fingerprint density at radius 2 is 2.00 bits per heavy atom. The fraction of sp³-hybridized carbons (Fsp3) is 0.778. The molecule has 5 nitrogen and oxygen atoms in total. The van der Waals surface area contributed by atoms with Gasteiger partial charge in [-0.1, -0.05) is 20.8 Å². The van der Waals surface area contributed by atoms with Crippen LogP contribution < -0.4 is 11.1 Å². The molecule has 1 unspecified atom stereocenters. The number of nitrogens with one attached hydrogen (secondary N) is 1. The second-order valence-electron chi connectivity index (χ2n) is 4.22. The van der Waals surface area contributed by atoms with E-state index in [9.17, 15) is 9.59 Å². The van der Waals surface area contributed by atoms with E-state index in [1.54, 1.807) is 0 Å². The molecule has 0 aliphatic rings. The molecule has 0 rings (SSSR count). The van der Waals surface area contributed by atoms with Gasteiger partial charge in [-0.15, -0.1) is 11.8 Å². The van der Waals surface area contributed by atoms with Gasteiger partial charge in [-0.2, -0.15) is 0 Å². The second kappa shape index (κ2) is 5.97. The number of amides is 1. The first-order valence-corrected chi connectivity index (χ1v) is 5.75. The Kier molecular flexibility index (Phi) is 5.67. The van der Waals surface area contributed by atoms with Gasteiger partial charge in [0.15, 0.2) is 0 Å². The fourth-order valence-electron chi connectivity index (χ4n) is 0.639. The van der Waals surface area contributed by atoms with Crippen LogP contribution in [0.1, 0.15) is 20.8 Å². The lowest BCUT2D eigenvalue weighted by atomic mass is 9.96. The van der Waals surface area contributed by atoms with Crippen molar-refractivity contribution in [3.8, 4) is 0 Å². The summed E-state index contributed by atoms with van der Waals surface area (Å²) in [6, 6.07) is -0.874. The highest BCUT2D eigenvalue weighted by molar-refractivity contribution is 7.99.